The molecule has 0 bridgehead atoms. The minimum Gasteiger partial charge on any atom is -0.299 e. The van der Waals surface area contributed by atoms with Crippen molar-refractivity contribution in [3.8, 4) is 0 Å². The predicted octanol–water partition coefficient (Wildman–Crippen LogP) is 1.66. The summed E-state index contributed by atoms with van der Waals surface area (Å²) in [6, 6.07) is 0. The maximum Gasteiger partial charge on any atom is 0.137 e. The molecule has 1 aromatic rings. The van der Waals surface area contributed by atoms with Gasteiger partial charge in [-0.25, -0.2) is 0 Å². The summed E-state index contributed by atoms with van der Waals surface area (Å²) in [5.74, 6) is 0.282. The van der Waals surface area contributed by atoms with Crippen LogP contribution in [0.1, 0.15) is 18.2 Å². The second kappa shape index (κ2) is 3.46. The van der Waals surface area contributed by atoms with Gasteiger partial charge in [-0.2, -0.15) is 0 Å². The van der Waals surface area contributed by atoms with Crippen LogP contribution in [0.5, 0.6) is 0 Å². The van der Waals surface area contributed by atoms with Crippen molar-refractivity contribution in [3.63, 3.8) is 0 Å². The molecule has 1 heterocycles. The Bertz CT molecular complexity index is 205. The maximum atomic E-state index is 10.9. The number of thiazole rings is 1. The SMILES string of the molecule is CCC(=O)Cc1cncs1. The number of rotatable bonds is 3. The number of hydrogen-bond donors (Lipinski definition) is 0. The molecule has 54 valence electrons. The van der Waals surface area contributed by atoms with Gasteiger partial charge in [-0.15, -0.1) is 11.3 Å². The van der Waals surface area contributed by atoms with Gasteiger partial charge in [0.15, 0.2) is 0 Å². The maximum absolute atomic E-state index is 10.9. The number of nitrogens with zero attached hydrogens (tertiary/aromatic N) is 1. The quantitative estimate of drug-likeness (QED) is 0.664. The highest BCUT2D eigenvalue weighted by Gasteiger charge is 2.00. The minimum absolute atomic E-state index is 0.282. The Labute approximate surface area is 63.9 Å². The number of carbonyl (C=O) groups excluding carboxylic acids is 1. The zero-order chi connectivity index (χ0) is 7.40. The molecule has 0 saturated carbocycles. The van der Waals surface area contributed by atoms with Gasteiger partial charge in [0.05, 0.1) is 5.51 Å². The number of Topliss-reactive ketones (excluding diaryl/α,β-unsaturated/α-hetero) is 1. The van der Waals surface area contributed by atoms with Crippen molar-refractivity contribution < 1.29 is 4.79 Å². The fourth-order valence-corrected chi connectivity index (χ4v) is 1.27. The van der Waals surface area contributed by atoms with Crippen LogP contribution in [0.25, 0.3) is 0 Å². The summed E-state index contributed by atoms with van der Waals surface area (Å²) in [7, 11) is 0. The molecule has 0 fully saturated rings. The summed E-state index contributed by atoms with van der Waals surface area (Å²) in [6.45, 7) is 1.88. The van der Waals surface area contributed by atoms with Crippen LogP contribution in [0.4, 0.5) is 0 Å². The van der Waals surface area contributed by atoms with E-state index >= 15 is 0 Å². The van der Waals surface area contributed by atoms with Gasteiger partial charge in [-0.1, -0.05) is 6.92 Å². The fourth-order valence-electron chi connectivity index (χ4n) is 0.649. The molecule has 10 heavy (non-hydrogen) atoms. The Kier molecular flexibility index (Phi) is 2.57. The molecule has 0 unspecified atom stereocenters. The molecular formula is C7H9NOS. The van der Waals surface area contributed by atoms with Crippen LogP contribution in [-0.2, 0) is 11.2 Å². The van der Waals surface area contributed by atoms with Gasteiger partial charge < -0.3 is 0 Å². The van der Waals surface area contributed by atoms with Gasteiger partial charge in [0.2, 0.25) is 0 Å². The van der Waals surface area contributed by atoms with Crippen molar-refractivity contribution in [1.82, 2.24) is 4.98 Å². The van der Waals surface area contributed by atoms with Crippen LogP contribution in [0.3, 0.4) is 0 Å². The third-order valence-corrected chi connectivity index (χ3v) is 2.03. The van der Waals surface area contributed by atoms with Crippen molar-refractivity contribution in [2.45, 2.75) is 19.8 Å². The predicted molar refractivity (Wildman–Crippen MR) is 41.1 cm³/mol. The Morgan fingerprint density at radius 2 is 2.60 bits per heavy atom. The average molecular weight is 155 g/mol. The molecule has 0 radical (unpaired) electrons. The van der Waals surface area contributed by atoms with Crippen molar-refractivity contribution in [2.75, 3.05) is 0 Å². The van der Waals surface area contributed by atoms with E-state index in [-0.39, 0.29) is 5.78 Å². The normalized spacial score (nSPS) is 9.70. The topological polar surface area (TPSA) is 30.0 Å². The third-order valence-electron chi connectivity index (χ3n) is 1.25. The molecule has 0 aliphatic carbocycles. The monoisotopic (exact) mass is 155 g/mol. The molecule has 3 heteroatoms. The van der Waals surface area contributed by atoms with E-state index < -0.39 is 0 Å². The summed E-state index contributed by atoms with van der Waals surface area (Å²) in [5.41, 5.74) is 1.75. The summed E-state index contributed by atoms with van der Waals surface area (Å²) in [4.78, 5) is 15.8. The molecule has 0 spiro atoms. The van der Waals surface area contributed by atoms with E-state index in [9.17, 15) is 4.79 Å². The smallest absolute Gasteiger partial charge is 0.137 e. The number of hydrogen-bond acceptors (Lipinski definition) is 3. The van der Waals surface area contributed by atoms with Gasteiger partial charge in [0.25, 0.3) is 0 Å². The highest BCUT2D eigenvalue weighted by atomic mass is 32.1. The minimum atomic E-state index is 0.282. The van der Waals surface area contributed by atoms with E-state index in [1.807, 2.05) is 6.92 Å². The highest BCUT2D eigenvalue weighted by Crippen LogP contribution is 2.06. The van der Waals surface area contributed by atoms with Crippen LogP contribution in [-0.4, -0.2) is 10.8 Å². The largest absolute Gasteiger partial charge is 0.299 e. The molecule has 0 saturated heterocycles. The van der Waals surface area contributed by atoms with Gasteiger partial charge in [-0.3, -0.25) is 9.78 Å². The summed E-state index contributed by atoms with van der Waals surface area (Å²) >= 11 is 1.53. The van der Waals surface area contributed by atoms with E-state index in [4.69, 9.17) is 0 Å². The van der Waals surface area contributed by atoms with Crippen LogP contribution in [0.2, 0.25) is 0 Å². The van der Waals surface area contributed by atoms with Crippen molar-refractivity contribution in [1.29, 1.82) is 0 Å². The van der Waals surface area contributed by atoms with Crippen LogP contribution >= 0.6 is 11.3 Å². The highest BCUT2D eigenvalue weighted by molar-refractivity contribution is 7.09. The molecule has 0 aliphatic heterocycles. The van der Waals surface area contributed by atoms with Crippen molar-refractivity contribution >= 4 is 17.1 Å². The Balaban J connectivity index is 2.48. The van der Waals surface area contributed by atoms with E-state index in [2.05, 4.69) is 4.98 Å². The third kappa shape index (κ3) is 1.92. The average Bonchev–Trinajstić information content (AvgIpc) is 2.40. The first kappa shape index (κ1) is 7.41. The Morgan fingerprint density at radius 1 is 1.80 bits per heavy atom. The molecule has 0 amide bonds. The lowest BCUT2D eigenvalue weighted by Crippen LogP contribution is -1.97. The van der Waals surface area contributed by atoms with E-state index in [0.717, 1.165) is 4.88 Å². The van der Waals surface area contributed by atoms with Crippen molar-refractivity contribution in [2.24, 2.45) is 0 Å². The molecule has 1 rings (SSSR count). The van der Waals surface area contributed by atoms with Crippen LogP contribution < -0.4 is 0 Å². The first-order valence-corrected chi connectivity index (χ1v) is 4.10. The zero-order valence-electron chi connectivity index (χ0n) is 5.83. The Hall–Kier alpha value is -0.700. The second-order valence-corrected chi connectivity index (χ2v) is 3.01. The van der Waals surface area contributed by atoms with E-state index in [0.29, 0.717) is 12.8 Å². The first-order valence-electron chi connectivity index (χ1n) is 3.22. The molecule has 0 aromatic carbocycles. The molecule has 0 atom stereocenters. The molecule has 1 aromatic heterocycles. The lowest BCUT2D eigenvalue weighted by Gasteiger charge is -1.89. The van der Waals surface area contributed by atoms with E-state index in [1.165, 1.54) is 11.3 Å². The lowest BCUT2D eigenvalue weighted by molar-refractivity contribution is -0.118. The first-order chi connectivity index (χ1) is 4.83. The number of carbonyl (C=O) groups is 1. The Morgan fingerprint density at radius 3 is 3.10 bits per heavy atom. The molecular weight excluding hydrogens is 146 g/mol. The summed E-state index contributed by atoms with van der Waals surface area (Å²) in [5, 5.41) is 0. The van der Waals surface area contributed by atoms with Crippen LogP contribution in [0.15, 0.2) is 11.7 Å². The second-order valence-electron chi connectivity index (χ2n) is 2.04. The standard InChI is InChI=1S/C7H9NOS/c1-2-6(9)3-7-4-8-5-10-7/h4-5H,2-3H2,1H3. The number of ketones is 1. The van der Waals surface area contributed by atoms with Gasteiger partial charge >= 0.3 is 0 Å². The fraction of sp³-hybridized carbons (Fsp3) is 0.429. The van der Waals surface area contributed by atoms with Crippen LogP contribution in [0, 0.1) is 0 Å². The van der Waals surface area contributed by atoms with E-state index in [1.54, 1.807) is 11.7 Å². The van der Waals surface area contributed by atoms with Gasteiger partial charge in [-0.05, 0) is 0 Å². The molecule has 0 aliphatic rings. The van der Waals surface area contributed by atoms with Gasteiger partial charge in [0.1, 0.15) is 5.78 Å². The number of aromatic nitrogens is 1. The summed E-state index contributed by atoms with van der Waals surface area (Å²) < 4.78 is 0. The molecule has 0 N–H and O–H groups in total. The van der Waals surface area contributed by atoms with Gasteiger partial charge in [0, 0.05) is 23.9 Å². The lowest BCUT2D eigenvalue weighted by atomic mass is 10.2. The zero-order valence-corrected chi connectivity index (χ0v) is 6.65. The summed E-state index contributed by atoms with van der Waals surface area (Å²) in [6.07, 6.45) is 2.93. The van der Waals surface area contributed by atoms with Crippen molar-refractivity contribution in [3.05, 3.63) is 16.6 Å². The molecule has 2 nitrogen and oxygen atoms in total.